The van der Waals surface area contributed by atoms with Gasteiger partial charge in [0.2, 0.25) is 0 Å². The van der Waals surface area contributed by atoms with Gasteiger partial charge in [-0.15, -0.1) is 0 Å². The first-order chi connectivity index (χ1) is 9.29. The molecule has 0 bridgehead atoms. The van der Waals surface area contributed by atoms with E-state index in [1.54, 1.807) is 6.20 Å². The molecule has 0 radical (unpaired) electrons. The molecular weight excluding hydrogens is 238 g/mol. The van der Waals surface area contributed by atoms with Gasteiger partial charge in [-0.2, -0.15) is 5.26 Å². The van der Waals surface area contributed by atoms with Gasteiger partial charge in [0.15, 0.2) is 5.69 Å². The SMILES string of the molecule is N#Cc1cnc(NCCC(N)c2ccccc2)cn1. The van der Waals surface area contributed by atoms with Gasteiger partial charge in [0.05, 0.1) is 12.4 Å². The summed E-state index contributed by atoms with van der Waals surface area (Å²) in [6.07, 6.45) is 3.79. The number of nitrogens with zero attached hydrogens (tertiary/aromatic N) is 3. The molecule has 1 aromatic carbocycles. The number of rotatable bonds is 5. The second kappa shape index (κ2) is 6.47. The Hall–Kier alpha value is -2.45. The summed E-state index contributed by atoms with van der Waals surface area (Å²) in [7, 11) is 0. The maximum atomic E-state index is 8.61. The van der Waals surface area contributed by atoms with Crippen LogP contribution in [0.25, 0.3) is 0 Å². The minimum Gasteiger partial charge on any atom is -0.369 e. The summed E-state index contributed by atoms with van der Waals surface area (Å²) >= 11 is 0. The molecule has 1 atom stereocenters. The fourth-order valence-electron chi connectivity index (χ4n) is 1.70. The van der Waals surface area contributed by atoms with Crippen molar-refractivity contribution in [2.45, 2.75) is 12.5 Å². The summed E-state index contributed by atoms with van der Waals surface area (Å²) in [5.41, 5.74) is 7.52. The monoisotopic (exact) mass is 253 g/mol. The minimum absolute atomic E-state index is 0.0000378. The highest BCUT2D eigenvalue weighted by atomic mass is 15.0. The lowest BCUT2D eigenvalue weighted by molar-refractivity contribution is 0.674. The molecular formula is C14H15N5. The average Bonchev–Trinajstić information content (AvgIpc) is 2.49. The van der Waals surface area contributed by atoms with Crippen LogP contribution in [-0.4, -0.2) is 16.5 Å². The first-order valence-corrected chi connectivity index (χ1v) is 6.06. The molecule has 19 heavy (non-hydrogen) atoms. The third-order valence-electron chi connectivity index (χ3n) is 2.76. The van der Waals surface area contributed by atoms with Crippen molar-refractivity contribution in [3.63, 3.8) is 0 Å². The molecule has 3 N–H and O–H groups in total. The van der Waals surface area contributed by atoms with Gasteiger partial charge in [0.1, 0.15) is 11.9 Å². The third-order valence-corrected chi connectivity index (χ3v) is 2.76. The molecule has 0 aliphatic carbocycles. The Balaban J connectivity index is 1.81. The number of nitrogens with two attached hydrogens (primary N) is 1. The van der Waals surface area contributed by atoms with Crippen molar-refractivity contribution < 1.29 is 0 Å². The molecule has 5 nitrogen and oxygen atoms in total. The van der Waals surface area contributed by atoms with E-state index in [1.807, 2.05) is 36.4 Å². The largest absolute Gasteiger partial charge is 0.369 e. The van der Waals surface area contributed by atoms with Crippen molar-refractivity contribution in [1.82, 2.24) is 9.97 Å². The molecule has 1 aromatic heterocycles. The molecule has 0 fully saturated rings. The van der Waals surface area contributed by atoms with Gasteiger partial charge < -0.3 is 11.1 Å². The number of benzene rings is 1. The van der Waals surface area contributed by atoms with E-state index < -0.39 is 0 Å². The van der Waals surface area contributed by atoms with E-state index in [4.69, 9.17) is 11.0 Å². The topological polar surface area (TPSA) is 87.6 Å². The Kier molecular flexibility index (Phi) is 4.43. The van der Waals surface area contributed by atoms with Crippen LogP contribution in [0.3, 0.4) is 0 Å². The molecule has 0 amide bonds. The van der Waals surface area contributed by atoms with Gasteiger partial charge in [-0.05, 0) is 12.0 Å². The Morgan fingerprint density at radius 2 is 2.00 bits per heavy atom. The third kappa shape index (κ3) is 3.76. The zero-order chi connectivity index (χ0) is 13.5. The first kappa shape index (κ1) is 13.0. The van der Waals surface area contributed by atoms with Crippen molar-refractivity contribution in [3.8, 4) is 6.07 Å². The highest BCUT2D eigenvalue weighted by molar-refractivity contribution is 5.33. The van der Waals surface area contributed by atoms with Crippen LogP contribution in [-0.2, 0) is 0 Å². The van der Waals surface area contributed by atoms with Crippen LogP contribution in [0.1, 0.15) is 23.7 Å². The second-order valence-corrected chi connectivity index (χ2v) is 4.13. The summed E-state index contributed by atoms with van der Waals surface area (Å²) in [5, 5.41) is 11.7. The molecule has 1 heterocycles. The van der Waals surface area contributed by atoms with Gasteiger partial charge in [-0.25, -0.2) is 9.97 Å². The van der Waals surface area contributed by atoms with E-state index in [0.29, 0.717) is 18.1 Å². The Morgan fingerprint density at radius 1 is 1.21 bits per heavy atom. The zero-order valence-corrected chi connectivity index (χ0v) is 10.5. The second-order valence-electron chi connectivity index (χ2n) is 4.13. The quantitative estimate of drug-likeness (QED) is 0.849. The van der Waals surface area contributed by atoms with Crippen molar-refractivity contribution in [2.75, 3.05) is 11.9 Å². The van der Waals surface area contributed by atoms with E-state index in [0.717, 1.165) is 12.0 Å². The van der Waals surface area contributed by atoms with Crippen LogP contribution in [0.15, 0.2) is 42.7 Å². The van der Waals surface area contributed by atoms with E-state index in [1.165, 1.54) is 6.20 Å². The number of nitrogens with one attached hydrogen (secondary N) is 1. The number of anilines is 1. The van der Waals surface area contributed by atoms with Crippen LogP contribution in [0.4, 0.5) is 5.82 Å². The fourth-order valence-corrected chi connectivity index (χ4v) is 1.70. The molecule has 2 aromatic rings. The van der Waals surface area contributed by atoms with E-state index in [9.17, 15) is 0 Å². The van der Waals surface area contributed by atoms with Crippen molar-refractivity contribution >= 4 is 5.82 Å². The lowest BCUT2D eigenvalue weighted by atomic mass is 10.1. The molecule has 0 spiro atoms. The van der Waals surface area contributed by atoms with Gasteiger partial charge in [-0.1, -0.05) is 30.3 Å². The van der Waals surface area contributed by atoms with E-state index >= 15 is 0 Å². The van der Waals surface area contributed by atoms with Gasteiger partial charge in [0.25, 0.3) is 0 Å². The highest BCUT2D eigenvalue weighted by Crippen LogP contribution is 2.13. The van der Waals surface area contributed by atoms with Crippen LogP contribution in [0, 0.1) is 11.3 Å². The molecule has 5 heteroatoms. The molecule has 1 unspecified atom stereocenters. The lowest BCUT2D eigenvalue weighted by Crippen LogP contribution is -2.15. The summed E-state index contributed by atoms with van der Waals surface area (Å²) in [6, 6.07) is 11.9. The zero-order valence-electron chi connectivity index (χ0n) is 10.5. The normalized spacial score (nSPS) is 11.6. The minimum atomic E-state index is 0.0000378. The maximum absolute atomic E-state index is 8.61. The van der Waals surface area contributed by atoms with Gasteiger partial charge in [0, 0.05) is 12.6 Å². The predicted molar refractivity (Wildman–Crippen MR) is 73.2 cm³/mol. The molecule has 0 aliphatic heterocycles. The van der Waals surface area contributed by atoms with Crippen molar-refractivity contribution in [3.05, 3.63) is 54.0 Å². The lowest BCUT2D eigenvalue weighted by Gasteiger charge is -2.12. The van der Waals surface area contributed by atoms with Crippen molar-refractivity contribution in [2.24, 2.45) is 5.73 Å². The Bertz CT molecular complexity index is 544. The smallest absolute Gasteiger partial charge is 0.158 e. The number of hydrogen-bond donors (Lipinski definition) is 2. The van der Waals surface area contributed by atoms with Gasteiger partial charge in [-0.3, -0.25) is 0 Å². The number of hydrogen-bond acceptors (Lipinski definition) is 5. The summed E-state index contributed by atoms with van der Waals surface area (Å²) < 4.78 is 0. The Labute approximate surface area is 112 Å². The summed E-state index contributed by atoms with van der Waals surface area (Å²) in [5.74, 6) is 0.652. The predicted octanol–water partition coefficient (Wildman–Crippen LogP) is 1.85. The summed E-state index contributed by atoms with van der Waals surface area (Å²) in [6.45, 7) is 0.705. The van der Waals surface area contributed by atoms with Gasteiger partial charge >= 0.3 is 0 Å². The fraction of sp³-hybridized carbons (Fsp3) is 0.214. The maximum Gasteiger partial charge on any atom is 0.158 e. The number of aromatic nitrogens is 2. The standard InChI is InChI=1S/C14H15N5/c15-8-12-9-19-14(10-18-12)17-7-6-13(16)11-4-2-1-3-5-11/h1-5,9-10,13H,6-7,16H2,(H,17,19). The van der Waals surface area contributed by atoms with E-state index in [2.05, 4.69) is 15.3 Å². The van der Waals surface area contributed by atoms with Crippen molar-refractivity contribution in [1.29, 1.82) is 5.26 Å². The average molecular weight is 253 g/mol. The van der Waals surface area contributed by atoms with Crippen LogP contribution in [0.5, 0.6) is 0 Å². The highest BCUT2D eigenvalue weighted by Gasteiger charge is 2.04. The molecule has 0 saturated heterocycles. The molecule has 0 aliphatic rings. The molecule has 96 valence electrons. The first-order valence-electron chi connectivity index (χ1n) is 6.06. The summed E-state index contributed by atoms with van der Waals surface area (Å²) in [4.78, 5) is 8.02. The molecule has 2 rings (SSSR count). The van der Waals surface area contributed by atoms with Crippen LogP contribution >= 0.6 is 0 Å². The van der Waals surface area contributed by atoms with Crippen LogP contribution in [0.2, 0.25) is 0 Å². The Morgan fingerprint density at radius 3 is 2.63 bits per heavy atom. The molecule has 0 saturated carbocycles. The number of nitriles is 1. The van der Waals surface area contributed by atoms with E-state index in [-0.39, 0.29) is 6.04 Å². The van der Waals surface area contributed by atoms with Crippen LogP contribution < -0.4 is 11.1 Å².